The van der Waals surface area contributed by atoms with E-state index in [9.17, 15) is 14.9 Å². The number of aryl methyl sites for hydroxylation is 1. The van der Waals surface area contributed by atoms with Crippen LogP contribution >= 0.6 is 0 Å². The van der Waals surface area contributed by atoms with Gasteiger partial charge in [-0.25, -0.2) is 4.68 Å². The van der Waals surface area contributed by atoms with Gasteiger partial charge >= 0.3 is 0 Å². The third kappa shape index (κ3) is 4.15. The highest BCUT2D eigenvalue weighted by molar-refractivity contribution is 5.94. The van der Waals surface area contributed by atoms with Crippen LogP contribution in [0.15, 0.2) is 77.2 Å². The Morgan fingerprint density at radius 3 is 2.26 bits per heavy atom. The van der Waals surface area contributed by atoms with E-state index in [1.165, 1.54) is 12.1 Å². The van der Waals surface area contributed by atoms with Crippen LogP contribution in [0.4, 0.5) is 11.4 Å². The van der Waals surface area contributed by atoms with E-state index in [0.717, 1.165) is 17.1 Å². The maximum Gasteiger partial charge on any atom is 0.272 e. The molecule has 0 unspecified atom stereocenters. The second-order valence-corrected chi connectivity index (χ2v) is 8.13. The molecule has 0 aliphatic carbocycles. The zero-order chi connectivity index (χ0) is 23.7. The molecule has 0 N–H and O–H groups in total. The number of carbonyl (C=O) groups excluding carboxylic acids is 1. The summed E-state index contributed by atoms with van der Waals surface area (Å²) in [5, 5.41) is 15.6. The van der Waals surface area contributed by atoms with Crippen molar-refractivity contribution < 1.29 is 14.1 Å². The monoisotopic (exact) mass is 457 g/mol. The van der Waals surface area contributed by atoms with E-state index in [2.05, 4.69) is 10.00 Å². The SMILES string of the molecule is Cc1ccc(-c2cc(C(=O)N3CCN(c4ccc([N+](=O)[O-])cc4)CC3)n(-c3ccccc3)n2)o1. The first-order valence-corrected chi connectivity index (χ1v) is 11.0. The molecule has 1 saturated heterocycles. The number of hydrogen-bond acceptors (Lipinski definition) is 6. The van der Waals surface area contributed by atoms with Crippen molar-refractivity contribution in [1.82, 2.24) is 14.7 Å². The van der Waals surface area contributed by atoms with Crippen LogP contribution in [-0.4, -0.2) is 51.7 Å². The lowest BCUT2D eigenvalue weighted by Crippen LogP contribution is -2.49. The zero-order valence-electron chi connectivity index (χ0n) is 18.6. The van der Waals surface area contributed by atoms with E-state index in [0.29, 0.717) is 43.3 Å². The summed E-state index contributed by atoms with van der Waals surface area (Å²) in [5.74, 6) is 1.29. The fraction of sp³-hybridized carbons (Fsp3) is 0.200. The summed E-state index contributed by atoms with van der Waals surface area (Å²) >= 11 is 0. The quantitative estimate of drug-likeness (QED) is 0.327. The third-order valence-corrected chi connectivity index (χ3v) is 5.91. The summed E-state index contributed by atoms with van der Waals surface area (Å²) in [7, 11) is 0. The van der Waals surface area contributed by atoms with Gasteiger partial charge in [0.1, 0.15) is 17.1 Å². The molecule has 5 rings (SSSR count). The van der Waals surface area contributed by atoms with Crippen LogP contribution in [0.25, 0.3) is 17.1 Å². The molecule has 2 aromatic carbocycles. The summed E-state index contributed by atoms with van der Waals surface area (Å²) in [6, 6.07) is 21.6. The minimum Gasteiger partial charge on any atom is -0.460 e. The van der Waals surface area contributed by atoms with Crippen molar-refractivity contribution in [1.29, 1.82) is 0 Å². The fourth-order valence-corrected chi connectivity index (χ4v) is 4.11. The van der Waals surface area contributed by atoms with Gasteiger partial charge in [-0.1, -0.05) is 18.2 Å². The number of nitrogens with zero attached hydrogens (tertiary/aromatic N) is 5. The Kier molecular flexibility index (Phi) is 5.59. The van der Waals surface area contributed by atoms with Gasteiger partial charge in [-0.2, -0.15) is 5.10 Å². The number of rotatable bonds is 5. The molecule has 34 heavy (non-hydrogen) atoms. The van der Waals surface area contributed by atoms with Crippen molar-refractivity contribution >= 4 is 17.3 Å². The average molecular weight is 457 g/mol. The number of amides is 1. The summed E-state index contributed by atoms with van der Waals surface area (Å²) in [5.41, 5.74) is 2.84. The molecule has 1 aliphatic rings. The number of non-ortho nitro benzene ring substituents is 1. The van der Waals surface area contributed by atoms with Crippen molar-refractivity contribution in [2.75, 3.05) is 31.1 Å². The van der Waals surface area contributed by atoms with Gasteiger partial charge in [0.15, 0.2) is 5.76 Å². The largest absolute Gasteiger partial charge is 0.460 e. The minimum absolute atomic E-state index is 0.0642. The van der Waals surface area contributed by atoms with Crippen molar-refractivity contribution in [3.05, 3.63) is 94.4 Å². The first kappa shape index (κ1) is 21.4. The number of benzene rings is 2. The number of nitro benzene ring substituents is 1. The van der Waals surface area contributed by atoms with Gasteiger partial charge in [0.25, 0.3) is 11.6 Å². The average Bonchev–Trinajstić information content (AvgIpc) is 3.51. The maximum absolute atomic E-state index is 13.5. The van der Waals surface area contributed by atoms with Gasteiger partial charge in [-0.3, -0.25) is 14.9 Å². The van der Waals surface area contributed by atoms with E-state index in [-0.39, 0.29) is 11.6 Å². The summed E-state index contributed by atoms with van der Waals surface area (Å²) in [6.45, 7) is 4.20. The second kappa shape index (κ2) is 8.86. The number of hydrogen-bond donors (Lipinski definition) is 0. The first-order chi connectivity index (χ1) is 16.5. The Labute approximate surface area is 196 Å². The Morgan fingerprint density at radius 2 is 1.65 bits per heavy atom. The van der Waals surface area contributed by atoms with Crippen LogP contribution in [-0.2, 0) is 0 Å². The molecule has 1 amide bonds. The normalized spacial score (nSPS) is 13.8. The van der Waals surface area contributed by atoms with E-state index in [1.54, 1.807) is 22.9 Å². The first-order valence-electron chi connectivity index (χ1n) is 11.0. The van der Waals surface area contributed by atoms with E-state index < -0.39 is 4.92 Å². The number of para-hydroxylation sites is 1. The molecule has 1 fully saturated rings. The van der Waals surface area contributed by atoms with Crippen molar-refractivity contribution in [2.24, 2.45) is 0 Å². The highest BCUT2D eigenvalue weighted by Crippen LogP contribution is 2.26. The lowest BCUT2D eigenvalue weighted by atomic mass is 10.2. The van der Waals surface area contributed by atoms with Gasteiger partial charge in [-0.05, 0) is 43.3 Å². The zero-order valence-corrected chi connectivity index (χ0v) is 18.6. The molecule has 1 aliphatic heterocycles. The molecule has 9 nitrogen and oxygen atoms in total. The number of piperazine rings is 1. The summed E-state index contributed by atoms with van der Waals surface area (Å²) < 4.78 is 7.40. The molecule has 4 aromatic rings. The number of carbonyl (C=O) groups is 1. The number of nitro groups is 1. The predicted octanol–water partition coefficient (Wildman–Crippen LogP) is 4.31. The third-order valence-electron chi connectivity index (χ3n) is 5.91. The topological polar surface area (TPSA) is 97.7 Å². The van der Waals surface area contributed by atoms with Crippen LogP contribution in [0.5, 0.6) is 0 Å². The summed E-state index contributed by atoms with van der Waals surface area (Å²) in [4.78, 5) is 28.0. The highest BCUT2D eigenvalue weighted by atomic mass is 16.6. The lowest BCUT2D eigenvalue weighted by molar-refractivity contribution is -0.384. The molecule has 172 valence electrons. The molecule has 2 aromatic heterocycles. The Balaban J connectivity index is 1.37. The molecule has 0 spiro atoms. The molecular formula is C25H23N5O4. The van der Waals surface area contributed by atoms with Gasteiger partial charge in [0, 0.05) is 50.1 Å². The van der Waals surface area contributed by atoms with Crippen LogP contribution in [0.2, 0.25) is 0 Å². The standard InChI is InChI=1S/C25H23N5O4/c1-18-7-12-24(34-18)22-17-23(29(26-22)20-5-3-2-4-6-20)25(31)28-15-13-27(14-16-28)19-8-10-21(11-9-19)30(32)33/h2-12,17H,13-16H2,1H3. The maximum atomic E-state index is 13.5. The smallest absolute Gasteiger partial charge is 0.272 e. The number of furan rings is 1. The van der Waals surface area contributed by atoms with Crippen LogP contribution in [0.3, 0.4) is 0 Å². The van der Waals surface area contributed by atoms with Gasteiger partial charge in [-0.15, -0.1) is 0 Å². The fourth-order valence-electron chi connectivity index (χ4n) is 4.11. The Hall–Kier alpha value is -4.40. The van der Waals surface area contributed by atoms with E-state index in [4.69, 9.17) is 4.42 Å². The van der Waals surface area contributed by atoms with Gasteiger partial charge in [0.05, 0.1) is 10.6 Å². The van der Waals surface area contributed by atoms with Gasteiger partial charge in [0.2, 0.25) is 0 Å². The van der Waals surface area contributed by atoms with Crippen LogP contribution in [0.1, 0.15) is 16.2 Å². The number of aromatic nitrogens is 2. The Bertz CT molecular complexity index is 1320. The molecule has 0 saturated carbocycles. The van der Waals surface area contributed by atoms with Crippen molar-refractivity contribution in [3.63, 3.8) is 0 Å². The molecule has 0 radical (unpaired) electrons. The van der Waals surface area contributed by atoms with Crippen molar-refractivity contribution in [2.45, 2.75) is 6.92 Å². The Morgan fingerprint density at radius 1 is 0.941 bits per heavy atom. The van der Waals surface area contributed by atoms with Crippen molar-refractivity contribution in [3.8, 4) is 17.1 Å². The molecule has 0 bridgehead atoms. The highest BCUT2D eigenvalue weighted by Gasteiger charge is 2.27. The predicted molar refractivity (Wildman–Crippen MR) is 127 cm³/mol. The molecule has 0 atom stereocenters. The van der Waals surface area contributed by atoms with Crippen LogP contribution < -0.4 is 4.90 Å². The number of anilines is 1. The summed E-state index contributed by atoms with van der Waals surface area (Å²) in [6.07, 6.45) is 0. The van der Waals surface area contributed by atoms with Gasteiger partial charge < -0.3 is 14.2 Å². The lowest BCUT2D eigenvalue weighted by Gasteiger charge is -2.36. The second-order valence-electron chi connectivity index (χ2n) is 8.13. The van der Waals surface area contributed by atoms with E-state index >= 15 is 0 Å². The molecule has 3 heterocycles. The molecule has 9 heteroatoms. The molecular weight excluding hydrogens is 434 g/mol. The van der Waals surface area contributed by atoms with Crippen LogP contribution in [0, 0.1) is 17.0 Å². The van der Waals surface area contributed by atoms with E-state index in [1.807, 2.05) is 54.3 Å². The minimum atomic E-state index is -0.408.